The van der Waals surface area contributed by atoms with Gasteiger partial charge in [0.25, 0.3) is 0 Å². The van der Waals surface area contributed by atoms with Crippen LogP contribution in [0.4, 0.5) is 0 Å². The fourth-order valence-electron chi connectivity index (χ4n) is 7.18. The number of fused-ring (bicyclic) bond motifs is 1. The Kier molecular flexibility index (Phi) is 6.27. The number of hydrogen-bond acceptors (Lipinski definition) is 5. The van der Waals surface area contributed by atoms with Crippen LogP contribution in [0.15, 0.2) is 0 Å². The predicted octanol–water partition coefficient (Wildman–Crippen LogP) is 1.86. The summed E-state index contributed by atoms with van der Waals surface area (Å²) < 4.78 is 0. The molecule has 5 fully saturated rings. The van der Waals surface area contributed by atoms with E-state index in [4.69, 9.17) is 0 Å². The number of carbonyl (C=O) groups is 2. The topological polar surface area (TPSA) is 76.1 Å². The van der Waals surface area contributed by atoms with Gasteiger partial charge in [-0.25, -0.2) is 10.4 Å². The number of hydrazine groups is 1. The minimum absolute atomic E-state index is 0.105. The summed E-state index contributed by atoms with van der Waals surface area (Å²) in [5.74, 6) is 2.89. The highest BCUT2D eigenvalue weighted by Crippen LogP contribution is 2.47. The summed E-state index contributed by atoms with van der Waals surface area (Å²) in [7, 11) is 2.13. The van der Waals surface area contributed by atoms with Crippen LogP contribution in [0, 0.1) is 29.1 Å². The quantitative estimate of drug-likeness (QED) is 0.689. The van der Waals surface area contributed by atoms with Crippen molar-refractivity contribution in [3.05, 3.63) is 0 Å². The minimum Gasteiger partial charge on any atom is -0.395 e. The summed E-state index contributed by atoms with van der Waals surface area (Å²) >= 11 is 0. The number of nitrogens with one attached hydrogen (secondary N) is 1. The molecule has 2 N–H and O–H groups in total. The zero-order chi connectivity index (χ0) is 22.5. The molecule has 4 unspecified atom stereocenters. The van der Waals surface area contributed by atoms with Crippen LogP contribution >= 0.6 is 0 Å². The van der Waals surface area contributed by atoms with Crippen LogP contribution in [0.1, 0.15) is 64.7 Å². The molecule has 2 heterocycles. The van der Waals surface area contributed by atoms with E-state index < -0.39 is 0 Å². The zero-order valence-corrected chi connectivity index (χ0v) is 20.0. The highest BCUT2D eigenvalue weighted by molar-refractivity contribution is 5.85. The number of piperazine rings is 1. The van der Waals surface area contributed by atoms with Crippen molar-refractivity contribution in [2.45, 2.75) is 76.8 Å². The van der Waals surface area contributed by atoms with Gasteiger partial charge in [-0.15, -0.1) is 0 Å². The lowest BCUT2D eigenvalue weighted by molar-refractivity contribution is -0.145. The van der Waals surface area contributed by atoms with Crippen LogP contribution in [-0.2, 0) is 9.59 Å². The Labute approximate surface area is 192 Å². The van der Waals surface area contributed by atoms with Gasteiger partial charge in [-0.1, -0.05) is 6.92 Å². The summed E-state index contributed by atoms with van der Waals surface area (Å²) in [6.45, 7) is 5.12. The van der Waals surface area contributed by atoms with Crippen molar-refractivity contribution in [3.8, 4) is 0 Å². The zero-order valence-electron chi connectivity index (χ0n) is 20.0. The first kappa shape index (κ1) is 22.6. The second-order valence-electron chi connectivity index (χ2n) is 11.6. The Bertz CT molecular complexity index is 710. The lowest BCUT2D eigenvalue weighted by Gasteiger charge is -2.42. The van der Waals surface area contributed by atoms with Gasteiger partial charge in [0, 0.05) is 56.6 Å². The van der Waals surface area contributed by atoms with Crippen molar-refractivity contribution in [2.75, 3.05) is 39.8 Å². The highest BCUT2D eigenvalue weighted by Gasteiger charge is 2.48. The third-order valence-electron chi connectivity index (χ3n) is 9.67. The van der Waals surface area contributed by atoms with Gasteiger partial charge >= 0.3 is 0 Å². The first-order valence-corrected chi connectivity index (χ1v) is 13.1. The first-order chi connectivity index (χ1) is 15.4. The van der Waals surface area contributed by atoms with Crippen molar-refractivity contribution in [2.24, 2.45) is 29.1 Å². The predicted molar refractivity (Wildman–Crippen MR) is 122 cm³/mol. The average molecular weight is 447 g/mol. The largest absolute Gasteiger partial charge is 0.395 e. The Morgan fingerprint density at radius 2 is 1.56 bits per heavy atom. The molecular weight excluding hydrogens is 404 g/mol. The lowest BCUT2D eigenvalue weighted by atomic mass is 9.67. The van der Waals surface area contributed by atoms with Gasteiger partial charge in [0.1, 0.15) is 0 Å². The average Bonchev–Trinajstić information content (AvgIpc) is 3.51. The Morgan fingerprint density at radius 1 is 0.938 bits per heavy atom. The van der Waals surface area contributed by atoms with Crippen LogP contribution in [-0.4, -0.2) is 83.6 Å². The molecule has 32 heavy (non-hydrogen) atoms. The molecule has 7 heteroatoms. The minimum atomic E-state index is -0.105. The maximum Gasteiger partial charge on any atom is 0.228 e. The van der Waals surface area contributed by atoms with Crippen molar-refractivity contribution in [3.63, 3.8) is 0 Å². The van der Waals surface area contributed by atoms with Gasteiger partial charge in [-0.3, -0.25) is 9.59 Å². The first-order valence-electron chi connectivity index (χ1n) is 13.1. The normalized spacial score (nSPS) is 39.6. The van der Waals surface area contributed by atoms with E-state index in [1.165, 1.54) is 32.1 Å². The second-order valence-corrected chi connectivity index (χ2v) is 11.6. The number of aliphatic hydroxyl groups is 1. The molecule has 180 valence electrons. The van der Waals surface area contributed by atoms with Crippen LogP contribution in [0.2, 0.25) is 0 Å². The molecule has 3 aliphatic carbocycles. The summed E-state index contributed by atoms with van der Waals surface area (Å²) in [6, 6.07) is 0.768. The number of hydrogen-bond donors (Lipinski definition) is 2. The van der Waals surface area contributed by atoms with E-state index in [0.717, 1.165) is 37.5 Å². The number of aliphatic hydroxyl groups excluding tert-OH is 1. The second kappa shape index (κ2) is 8.88. The van der Waals surface area contributed by atoms with Crippen LogP contribution in [0.25, 0.3) is 0 Å². The van der Waals surface area contributed by atoms with Gasteiger partial charge in [-0.2, -0.15) is 0 Å². The standard InChI is InChI=1S/C25H42N4O3/c1-25(9-10-25)24(32)29-13-11-28(12-14-29)23(31)18-5-3-17(4-6-18)19-7-8-20-21(16-30)26-27(2)22(20)15-19/h17-22,26,30H,3-16H2,1-2H3. The smallest absolute Gasteiger partial charge is 0.228 e. The highest BCUT2D eigenvalue weighted by atomic mass is 16.3. The molecule has 0 aromatic heterocycles. The number of amides is 2. The van der Waals surface area contributed by atoms with Gasteiger partial charge in [0.05, 0.1) is 6.61 Å². The molecule has 5 aliphatic rings. The third kappa shape index (κ3) is 4.21. The van der Waals surface area contributed by atoms with Crippen LogP contribution < -0.4 is 5.43 Å². The van der Waals surface area contributed by atoms with E-state index in [0.29, 0.717) is 50.0 Å². The lowest BCUT2D eigenvalue weighted by Crippen LogP contribution is -2.53. The molecule has 2 aliphatic heterocycles. The summed E-state index contributed by atoms with van der Waals surface area (Å²) in [5.41, 5.74) is 3.35. The van der Waals surface area contributed by atoms with E-state index in [-0.39, 0.29) is 24.0 Å². The summed E-state index contributed by atoms with van der Waals surface area (Å²) in [4.78, 5) is 29.8. The molecule has 0 bridgehead atoms. The van der Waals surface area contributed by atoms with E-state index in [1.54, 1.807) is 0 Å². The van der Waals surface area contributed by atoms with E-state index >= 15 is 0 Å². The number of carbonyl (C=O) groups excluding carboxylic acids is 2. The van der Waals surface area contributed by atoms with Crippen LogP contribution in [0.3, 0.4) is 0 Å². The van der Waals surface area contributed by atoms with E-state index in [2.05, 4.69) is 24.4 Å². The van der Waals surface area contributed by atoms with Crippen LogP contribution in [0.5, 0.6) is 0 Å². The molecule has 0 radical (unpaired) electrons. The maximum absolute atomic E-state index is 13.2. The third-order valence-corrected chi connectivity index (χ3v) is 9.67. The molecule has 0 aromatic carbocycles. The number of nitrogens with zero attached hydrogens (tertiary/aromatic N) is 3. The molecule has 2 saturated heterocycles. The molecule has 2 amide bonds. The Balaban J connectivity index is 1.08. The van der Waals surface area contributed by atoms with Crippen molar-refractivity contribution in [1.29, 1.82) is 0 Å². The van der Waals surface area contributed by atoms with Crippen molar-refractivity contribution in [1.82, 2.24) is 20.2 Å². The van der Waals surface area contributed by atoms with E-state index in [9.17, 15) is 14.7 Å². The monoisotopic (exact) mass is 446 g/mol. The molecule has 7 nitrogen and oxygen atoms in total. The molecule has 0 spiro atoms. The fourth-order valence-corrected chi connectivity index (χ4v) is 7.18. The van der Waals surface area contributed by atoms with Gasteiger partial charge in [-0.05, 0) is 75.5 Å². The molecule has 5 rings (SSSR count). The maximum atomic E-state index is 13.2. The van der Waals surface area contributed by atoms with E-state index in [1.807, 2.05) is 9.80 Å². The van der Waals surface area contributed by atoms with Crippen molar-refractivity contribution < 1.29 is 14.7 Å². The summed E-state index contributed by atoms with van der Waals surface area (Å²) in [6.07, 6.45) is 10.1. The summed E-state index contributed by atoms with van der Waals surface area (Å²) in [5, 5.41) is 11.9. The van der Waals surface area contributed by atoms with Gasteiger partial charge in [0.2, 0.25) is 11.8 Å². The Hall–Kier alpha value is -1.18. The molecular formula is C25H42N4O3. The molecule has 3 saturated carbocycles. The molecule has 0 aromatic rings. The van der Waals surface area contributed by atoms with Gasteiger partial charge < -0.3 is 14.9 Å². The molecule has 4 atom stereocenters. The van der Waals surface area contributed by atoms with Crippen molar-refractivity contribution >= 4 is 11.8 Å². The SMILES string of the molecule is CN1NC(CO)C2CCC(C3CCC(C(=O)N4CCN(C(=O)C5(C)CC5)CC4)CC3)CC21. The van der Waals surface area contributed by atoms with Gasteiger partial charge in [0.15, 0.2) is 0 Å². The Morgan fingerprint density at radius 3 is 2.19 bits per heavy atom. The fraction of sp³-hybridized carbons (Fsp3) is 0.920. The number of rotatable bonds is 4.